The summed E-state index contributed by atoms with van der Waals surface area (Å²) in [4.78, 5) is 4.51. The summed E-state index contributed by atoms with van der Waals surface area (Å²) in [6.07, 6.45) is 5.92. The van der Waals surface area contributed by atoms with Crippen molar-refractivity contribution >= 4 is 23.4 Å². The number of hydrogen-bond acceptors (Lipinski definition) is 3. The minimum atomic E-state index is -0.424. The zero-order valence-corrected chi connectivity index (χ0v) is 12.3. The number of benzene rings is 1. The summed E-state index contributed by atoms with van der Waals surface area (Å²) in [5.74, 6) is 0. The number of nitrogens with zero attached hydrogens (tertiary/aromatic N) is 1. The van der Waals surface area contributed by atoms with Crippen LogP contribution in [0.1, 0.15) is 11.3 Å². The molecular formula is C16H14ClNOS. The average Bonchev–Trinajstić information content (AvgIpc) is 2.94. The van der Waals surface area contributed by atoms with Crippen molar-refractivity contribution in [3.8, 4) is 0 Å². The number of pyridine rings is 1. The number of halogens is 1. The second-order valence-electron chi connectivity index (χ2n) is 4.63. The first-order chi connectivity index (χ1) is 9.76. The Labute approximate surface area is 127 Å². The van der Waals surface area contributed by atoms with Gasteiger partial charge in [0, 0.05) is 16.5 Å². The van der Waals surface area contributed by atoms with Crippen LogP contribution in [0, 0.1) is 0 Å². The van der Waals surface area contributed by atoms with Crippen LogP contribution in [0.3, 0.4) is 0 Å². The fourth-order valence-corrected chi connectivity index (χ4v) is 4.19. The Morgan fingerprint density at radius 3 is 2.65 bits per heavy atom. The minimum Gasteiger partial charge on any atom is -0.395 e. The summed E-state index contributed by atoms with van der Waals surface area (Å²) in [5.41, 5.74) is 1.95. The van der Waals surface area contributed by atoms with Crippen LogP contribution in [0.2, 0.25) is 5.02 Å². The number of rotatable bonds is 3. The predicted molar refractivity (Wildman–Crippen MR) is 84.1 cm³/mol. The summed E-state index contributed by atoms with van der Waals surface area (Å²) >= 11 is 8.07. The Kier molecular flexibility index (Phi) is 3.83. The molecule has 4 heteroatoms. The van der Waals surface area contributed by atoms with Gasteiger partial charge < -0.3 is 5.11 Å². The first-order valence-electron chi connectivity index (χ1n) is 6.41. The van der Waals surface area contributed by atoms with E-state index in [1.54, 1.807) is 18.0 Å². The van der Waals surface area contributed by atoms with Crippen molar-refractivity contribution in [2.24, 2.45) is 0 Å². The average molecular weight is 304 g/mol. The highest BCUT2D eigenvalue weighted by Crippen LogP contribution is 2.51. The van der Waals surface area contributed by atoms with Crippen molar-refractivity contribution < 1.29 is 5.11 Å². The molecule has 0 saturated carbocycles. The van der Waals surface area contributed by atoms with Crippen LogP contribution >= 0.6 is 23.4 Å². The normalized spacial score (nSPS) is 25.0. The van der Waals surface area contributed by atoms with E-state index in [1.165, 1.54) is 0 Å². The zero-order chi connectivity index (χ0) is 14.0. The molecule has 1 aromatic heterocycles. The highest BCUT2D eigenvalue weighted by Gasteiger charge is 2.41. The molecule has 0 fully saturated rings. The smallest absolute Gasteiger partial charge is 0.103 e. The Morgan fingerprint density at radius 2 is 2.00 bits per heavy atom. The molecule has 102 valence electrons. The number of hydrogen-bond donors (Lipinski definition) is 1. The second kappa shape index (κ2) is 5.60. The van der Waals surface area contributed by atoms with Crippen LogP contribution in [-0.2, 0) is 4.75 Å². The summed E-state index contributed by atoms with van der Waals surface area (Å²) < 4.78 is -0.424. The first-order valence-corrected chi connectivity index (χ1v) is 7.66. The van der Waals surface area contributed by atoms with Crippen LogP contribution in [0.25, 0.3) is 0 Å². The van der Waals surface area contributed by atoms with Gasteiger partial charge in [-0.15, -0.1) is 11.8 Å². The van der Waals surface area contributed by atoms with Gasteiger partial charge in [-0.25, -0.2) is 0 Å². The third-order valence-electron chi connectivity index (χ3n) is 3.38. The zero-order valence-electron chi connectivity index (χ0n) is 10.7. The Morgan fingerprint density at radius 1 is 1.20 bits per heavy atom. The fraction of sp³-hybridized carbons (Fsp3) is 0.188. The van der Waals surface area contributed by atoms with E-state index in [1.807, 2.05) is 48.5 Å². The van der Waals surface area contributed by atoms with Crippen LogP contribution < -0.4 is 0 Å². The summed E-state index contributed by atoms with van der Waals surface area (Å²) in [7, 11) is 0. The highest BCUT2D eigenvalue weighted by atomic mass is 35.5. The summed E-state index contributed by atoms with van der Waals surface area (Å²) in [6, 6.07) is 13.7. The van der Waals surface area contributed by atoms with Gasteiger partial charge in [-0.1, -0.05) is 48.0 Å². The van der Waals surface area contributed by atoms with E-state index < -0.39 is 4.75 Å². The molecule has 1 N–H and O–H groups in total. The number of aromatic nitrogens is 1. The molecule has 1 aliphatic heterocycles. The maximum absolute atomic E-state index is 9.44. The van der Waals surface area contributed by atoms with Crippen molar-refractivity contribution in [3.63, 3.8) is 0 Å². The van der Waals surface area contributed by atoms with Crippen LogP contribution in [0.5, 0.6) is 0 Å². The molecule has 2 aromatic rings. The Bertz CT molecular complexity index is 631. The number of aliphatic hydroxyl groups excluding tert-OH is 1. The molecule has 0 amide bonds. The van der Waals surface area contributed by atoms with Gasteiger partial charge in [-0.05, 0) is 23.8 Å². The van der Waals surface area contributed by atoms with Gasteiger partial charge in [-0.2, -0.15) is 0 Å². The van der Waals surface area contributed by atoms with Crippen molar-refractivity contribution in [2.45, 2.75) is 10.00 Å². The lowest BCUT2D eigenvalue weighted by atomic mass is 9.93. The van der Waals surface area contributed by atoms with Crippen LogP contribution in [0.4, 0.5) is 0 Å². The van der Waals surface area contributed by atoms with Crippen LogP contribution in [0.15, 0.2) is 60.8 Å². The predicted octanol–water partition coefficient (Wildman–Crippen LogP) is 3.64. The van der Waals surface area contributed by atoms with Crippen molar-refractivity contribution in [3.05, 3.63) is 77.1 Å². The first kappa shape index (κ1) is 13.7. The largest absolute Gasteiger partial charge is 0.395 e. The van der Waals surface area contributed by atoms with E-state index in [4.69, 9.17) is 11.6 Å². The number of aliphatic hydroxyl groups is 1. The van der Waals surface area contributed by atoms with E-state index in [0.717, 1.165) is 11.3 Å². The second-order valence-corrected chi connectivity index (χ2v) is 6.52. The minimum absolute atomic E-state index is 0.0632. The molecular weight excluding hydrogens is 290 g/mol. The molecule has 0 bridgehead atoms. The lowest BCUT2D eigenvalue weighted by molar-refractivity contribution is 0.307. The van der Waals surface area contributed by atoms with Crippen molar-refractivity contribution in [1.29, 1.82) is 0 Å². The van der Waals surface area contributed by atoms with Gasteiger partial charge in [0.15, 0.2) is 0 Å². The maximum atomic E-state index is 9.44. The molecule has 2 atom stereocenters. The van der Waals surface area contributed by atoms with Gasteiger partial charge in [0.25, 0.3) is 0 Å². The molecule has 2 nitrogen and oxygen atoms in total. The highest BCUT2D eigenvalue weighted by molar-refractivity contribution is 8.01. The van der Waals surface area contributed by atoms with E-state index in [2.05, 4.69) is 11.1 Å². The Hall–Kier alpha value is -1.29. The monoisotopic (exact) mass is 303 g/mol. The SMILES string of the molecule is OCC1C=CC(c2ccccn2)(c2ccccc2Cl)S1. The molecule has 0 radical (unpaired) electrons. The van der Waals surface area contributed by atoms with Crippen molar-refractivity contribution in [2.75, 3.05) is 6.61 Å². The van der Waals surface area contributed by atoms with E-state index >= 15 is 0 Å². The molecule has 2 heterocycles. The number of thioether (sulfide) groups is 1. The fourth-order valence-electron chi connectivity index (χ4n) is 2.44. The standard InChI is InChI=1S/C16H14ClNOS/c17-14-6-2-1-5-13(14)16(9-8-12(11-19)20-16)15-7-3-4-10-18-15/h1-10,12,19H,11H2. The van der Waals surface area contributed by atoms with Gasteiger partial charge >= 0.3 is 0 Å². The molecule has 1 aromatic carbocycles. The van der Waals surface area contributed by atoms with Crippen LogP contribution in [-0.4, -0.2) is 21.9 Å². The quantitative estimate of drug-likeness (QED) is 0.879. The van der Waals surface area contributed by atoms with Gasteiger partial charge in [-0.3, -0.25) is 4.98 Å². The summed E-state index contributed by atoms with van der Waals surface area (Å²) in [6.45, 7) is 0.111. The van der Waals surface area contributed by atoms with E-state index in [0.29, 0.717) is 5.02 Å². The Balaban J connectivity index is 2.16. The molecule has 1 aliphatic rings. The van der Waals surface area contributed by atoms with E-state index in [9.17, 15) is 5.11 Å². The molecule has 20 heavy (non-hydrogen) atoms. The molecule has 0 saturated heterocycles. The third-order valence-corrected chi connectivity index (χ3v) is 5.26. The molecule has 0 aliphatic carbocycles. The molecule has 0 spiro atoms. The molecule has 3 rings (SSSR count). The van der Waals surface area contributed by atoms with Gasteiger partial charge in [0.05, 0.1) is 12.3 Å². The lowest BCUT2D eigenvalue weighted by Gasteiger charge is -2.29. The van der Waals surface area contributed by atoms with Gasteiger partial charge in [0.2, 0.25) is 0 Å². The van der Waals surface area contributed by atoms with E-state index in [-0.39, 0.29) is 11.9 Å². The van der Waals surface area contributed by atoms with Crippen molar-refractivity contribution in [1.82, 2.24) is 4.98 Å². The van der Waals surface area contributed by atoms with Gasteiger partial charge in [0.1, 0.15) is 4.75 Å². The topological polar surface area (TPSA) is 33.1 Å². The lowest BCUT2D eigenvalue weighted by Crippen LogP contribution is -2.22. The third kappa shape index (κ3) is 2.26. The summed E-state index contributed by atoms with van der Waals surface area (Å²) in [5, 5.41) is 10.2. The molecule has 2 unspecified atom stereocenters. The maximum Gasteiger partial charge on any atom is 0.103 e.